The zero-order valence-electron chi connectivity index (χ0n) is 10.0. The minimum atomic E-state index is -4.55. The number of hydrogen-bond acceptors (Lipinski definition) is 2. The normalized spacial score (nSPS) is 11.2. The average molecular weight is 280 g/mol. The molecule has 0 radical (unpaired) electrons. The predicted molar refractivity (Wildman–Crippen MR) is 66.0 cm³/mol. The third kappa shape index (κ3) is 2.43. The first-order valence-corrected chi connectivity index (χ1v) is 5.50. The highest BCUT2D eigenvalue weighted by Crippen LogP contribution is 2.36. The SMILES string of the molecule is N#Cc1cccc(-c2cc(C(F)(F)F)ccc2N)c1F. The zero-order valence-corrected chi connectivity index (χ0v) is 10.0. The molecule has 0 saturated carbocycles. The van der Waals surface area contributed by atoms with E-state index in [9.17, 15) is 17.6 Å². The van der Waals surface area contributed by atoms with Crippen molar-refractivity contribution in [1.29, 1.82) is 5.26 Å². The molecule has 0 amide bonds. The summed E-state index contributed by atoms with van der Waals surface area (Å²) in [6, 6.07) is 8.20. The molecule has 0 bridgehead atoms. The smallest absolute Gasteiger partial charge is 0.398 e. The quantitative estimate of drug-likeness (QED) is 0.634. The maximum absolute atomic E-state index is 14.0. The number of nitriles is 1. The molecule has 0 spiro atoms. The summed E-state index contributed by atoms with van der Waals surface area (Å²) < 4.78 is 52.0. The number of nitrogen functional groups attached to an aromatic ring is 1. The molecule has 102 valence electrons. The molecule has 0 atom stereocenters. The summed E-state index contributed by atoms with van der Waals surface area (Å²) in [6.07, 6.45) is -4.55. The molecule has 20 heavy (non-hydrogen) atoms. The highest BCUT2D eigenvalue weighted by molar-refractivity contribution is 5.78. The molecule has 0 heterocycles. The van der Waals surface area contributed by atoms with Gasteiger partial charge in [-0.25, -0.2) is 4.39 Å². The molecule has 2 aromatic carbocycles. The van der Waals surface area contributed by atoms with Crippen LogP contribution in [0.1, 0.15) is 11.1 Å². The van der Waals surface area contributed by atoms with Crippen LogP contribution < -0.4 is 5.73 Å². The number of anilines is 1. The fraction of sp³-hybridized carbons (Fsp3) is 0.0714. The van der Waals surface area contributed by atoms with Gasteiger partial charge in [0.15, 0.2) is 0 Å². The number of benzene rings is 2. The fourth-order valence-electron chi connectivity index (χ4n) is 1.79. The van der Waals surface area contributed by atoms with Crippen LogP contribution in [0.4, 0.5) is 23.2 Å². The van der Waals surface area contributed by atoms with Crippen LogP contribution in [0, 0.1) is 17.1 Å². The molecule has 0 aliphatic rings. The summed E-state index contributed by atoms with van der Waals surface area (Å²) in [7, 11) is 0. The monoisotopic (exact) mass is 280 g/mol. The average Bonchev–Trinajstić information content (AvgIpc) is 2.38. The lowest BCUT2D eigenvalue weighted by Crippen LogP contribution is -2.06. The number of nitrogens with zero attached hydrogens (tertiary/aromatic N) is 1. The van der Waals surface area contributed by atoms with Crippen LogP contribution in [0.15, 0.2) is 36.4 Å². The van der Waals surface area contributed by atoms with Gasteiger partial charge >= 0.3 is 6.18 Å². The van der Waals surface area contributed by atoms with Crippen LogP contribution in [0.5, 0.6) is 0 Å². The van der Waals surface area contributed by atoms with E-state index in [0.717, 1.165) is 18.2 Å². The molecule has 2 rings (SSSR count). The van der Waals surface area contributed by atoms with Gasteiger partial charge in [0, 0.05) is 16.8 Å². The summed E-state index contributed by atoms with van der Waals surface area (Å²) in [5.41, 5.74) is 4.22. The molecule has 2 aromatic rings. The van der Waals surface area contributed by atoms with E-state index in [2.05, 4.69) is 0 Å². The Balaban J connectivity index is 2.68. The molecule has 0 unspecified atom stereocenters. The van der Waals surface area contributed by atoms with Gasteiger partial charge in [-0.15, -0.1) is 0 Å². The predicted octanol–water partition coefficient (Wildman–Crippen LogP) is 3.97. The molecule has 0 aliphatic carbocycles. The highest BCUT2D eigenvalue weighted by atomic mass is 19.4. The van der Waals surface area contributed by atoms with E-state index in [1.54, 1.807) is 6.07 Å². The molecular weight excluding hydrogens is 272 g/mol. The summed E-state index contributed by atoms with van der Waals surface area (Å²) in [5, 5.41) is 8.74. The first-order valence-electron chi connectivity index (χ1n) is 5.50. The Kier molecular flexibility index (Phi) is 3.36. The van der Waals surface area contributed by atoms with Crippen molar-refractivity contribution in [2.24, 2.45) is 0 Å². The first-order chi connectivity index (χ1) is 9.34. The van der Waals surface area contributed by atoms with E-state index in [1.165, 1.54) is 18.2 Å². The third-order valence-corrected chi connectivity index (χ3v) is 2.79. The van der Waals surface area contributed by atoms with Gasteiger partial charge in [0.2, 0.25) is 0 Å². The van der Waals surface area contributed by atoms with Crippen molar-refractivity contribution in [3.05, 3.63) is 53.3 Å². The Morgan fingerprint density at radius 3 is 2.35 bits per heavy atom. The Morgan fingerprint density at radius 2 is 1.75 bits per heavy atom. The second kappa shape index (κ2) is 4.85. The summed E-state index contributed by atoms with van der Waals surface area (Å²) >= 11 is 0. The number of alkyl halides is 3. The summed E-state index contributed by atoms with van der Waals surface area (Å²) in [6.45, 7) is 0. The van der Waals surface area contributed by atoms with E-state index >= 15 is 0 Å². The standard InChI is InChI=1S/C14H8F4N2/c15-13-8(7-19)2-1-3-10(13)11-6-9(14(16,17)18)4-5-12(11)20/h1-6H,20H2. The Bertz CT molecular complexity index is 699. The van der Waals surface area contributed by atoms with Gasteiger partial charge in [-0.2, -0.15) is 18.4 Å². The molecule has 0 aliphatic heterocycles. The Labute approximate surface area is 112 Å². The molecule has 2 nitrogen and oxygen atoms in total. The molecule has 0 saturated heterocycles. The van der Waals surface area contributed by atoms with Crippen LogP contribution in [-0.2, 0) is 6.18 Å². The van der Waals surface area contributed by atoms with Crippen molar-refractivity contribution < 1.29 is 17.6 Å². The Hall–Kier alpha value is -2.55. The molecule has 0 aromatic heterocycles. The molecule has 0 fully saturated rings. The number of rotatable bonds is 1. The lowest BCUT2D eigenvalue weighted by molar-refractivity contribution is -0.137. The first kappa shape index (κ1) is 13.9. The number of hydrogen-bond donors (Lipinski definition) is 1. The molecule has 6 heteroatoms. The topological polar surface area (TPSA) is 49.8 Å². The van der Waals surface area contributed by atoms with Crippen LogP contribution in [0.3, 0.4) is 0 Å². The number of halogens is 4. The summed E-state index contributed by atoms with van der Waals surface area (Å²) in [4.78, 5) is 0. The highest BCUT2D eigenvalue weighted by Gasteiger charge is 2.31. The number of nitrogens with two attached hydrogens (primary N) is 1. The van der Waals surface area contributed by atoms with E-state index in [1.807, 2.05) is 0 Å². The second-order valence-electron chi connectivity index (χ2n) is 4.08. The van der Waals surface area contributed by atoms with Gasteiger partial charge in [-0.3, -0.25) is 0 Å². The van der Waals surface area contributed by atoms with Crippen molar-refractivity contribution in [3.8, 4) is 17.2 Å². The van der Waals surface area contributed by atoms with Gasteiger partial charge in [0.1, 0.15) is 11.9 Å². The lowest BCUT2D eigenvalue weighted by atomic mass is 9.98. The fourth-order valence-corrected chi connectivity index (χ4v) is 1.79. The lowest BCUT2D eigenvalue weighted by Gasteiger charge is -2.12. The van der Waals surface area contributed by atoms with Crippen LogP contribution in [0.2, 0.25) is 0 Å². The van der Waals surface area contributed by atoms with Gasteiger partial charge in [-0.1, -0.05) is 12.1 Å². The maximum Gasteiger partial charge on any atom is 0.416 e. The summed E-state index contributed by atoms with van der Waals surface area (Å²) in [5.74, 6) is -0.888. The van der Waals surface area contributed by atoms with Crippen molar-refractivity contribution >= 4 is 5.69 Å². The molecule has 2 N–H and O–H groups in total. The van der Waals surface area contributed by atoms with Crippen LogP contribution in [-0.4, -0.2) is 0 Å². The van der Waals surface area contributed by atoms with Crippen LogP contribution >= 0.6 is 0 Å². The third-order valence-electron chi connectivity index (χ3n) is 2.79. The van der Waals surface area contributed by atoms with Gasteiger partial charge in [0.25, 0.3) is 0 Å². The molecular formula is C14H8F4N2. The van der Waals surface area contributed by atoms with Gasteiger partial charge in [0.05, 0.1) is 11.1 Å². The van der Waals surface area contributed by atoms with E-state index in [0.29, 0.717) is 0 Å². The van der Waals surface area contributed by atoms with Crippen molar-refractivity contribution in [1.82, 2.24) is 0 Å². The minimum Gasteiger partial charge on any atom is -0.398 e. The van der Waals surface area contributed by atoms with E-state index in [-0.39, 0.29) is 22.4 Å². The van der Waals surface area contributed by atoms with Gasteiger partial charge in [-0.05, 0) is 24.3 Å². The maximum atomic E-state index is 14.0. The van der Waals surface area contributed by atoms with Crippen molar-refractivity contribution in [2.45, 2.75) is 6.18 Å². The minimum absolute atomic E-state index is 0.00647. The van der Waals surface area contributed by atoms with Crippen LogP contribution in [0.25, 0.3) is 11.1 Å². The van der Waals surface area contributed by atoms with Crippen molar-refractivity contribution in [3.63, 3.8) is 0 Å². The van der Waals surface area contributed by atoms with E-state index < -0.39 is 17.6 Å². The largest absolute Gasteiger partial charge is 0.416 e. The van der Waals surface area contributed by atoms with Gasteiger partial charge < -0.3 is 5.73 Å². The second-order valence-corrected chi connectivity index (χ2v) is 4.08. The van der Waals surface area contributed by atoms with E-state index in [4.69, 9.17) is 11.0 Å². The van der Waals surface area contributed by atoms with Crippen molar-refractivity contribution in [2.75, 3.05) is 5.73 Å². The zero-order chi connectivity index (χ0) is 14.9. The Morgan fingerprint density at radius 1 is 1.05 bits per heavy atom.